The Kier molecular flexibility index (Phi) is 7.51. The lowest BCUT2D eigenvalue weighted by atomic mass is 10.1. The van der Waals surface area contributed by atoms with E-state index < -0.39 is 16.1 Å². The van der Waals surface area contributed by atoms with Crippen LogP contribution in [0.15, 0.2) is 41.3 Å². The zero-order valence-electron chi connectivity index (χ0n) is 16.9. The van der Waals surface area contributed by atoms with E-state index in [0.717, 1.165) is 37.7 Å². The van der Waals surface area contributed by atoms with Crippen LogP contribution in [0, 0.1) is 0 Å². The molecule has 1 fully saturated rings. The highest BCUT2D eigenvalue weighted by Crippen LogP contribution is 2.28. The Bertz CT molecular complexity index is 1180. The van der Waals surface area contributed by atoms with Crippen molar-refractivity contribution in [2.45, 2.75) is 29.9 Å². The van der Waals surface area contributed by atoms with E-state index in [1.807, 2.05) is 0 Å². The van der Waals surface area contributed by atoms with Crippen LogP contribution in [0.2, 0.25) is 10.0 Å². The molecule has 0 radical (unpaired) electrons. The van der Waals surface area contributed by atoms with E-state index in [1.165, 1.54) is 6.07 Å². The minimum absolute atomic E-state index is 0.0475. The zero-order chi connectivity index (χ0) is 22.7. The van der Waals surface area contributed by atoms with Crippen molar-refractivity contribution in [3.63, 3.8) is 0 Å². The van der Waals surface area contributed by atoms with Gasteiger partial charge in [0.15, 0.2) is 0 Å². The standard InChI is InChI=1S/C20H22Cl2N4O4S2/c21-16-5-4-15(10-17(16)22)30-14-6-8-26(9-7-14)12-13(27)11-23-32(28,29)19-3-1-2-18-20(19)25-31-24-18/h1-5,10,13-14,23,27H,6-9,11-12H2. The first kappa shape index (κ1) is 23.6. The molecule has 3 aromatic rings. The second-order valence-electron chi connectivity index (χ2n) is 7.59. The molecule has 1 aromatic heterocycles. The Morgan fingerprint density at radius 1 is 1.19 bits per heavy atom. The van der Waals surface area contributed by atoms with Gasteiger partial charge in [0.25, 0.3) is 0 Å². The molecule has 2 aromatic carbocycles. The number of nitrogens with zero attached hydrogens (tertiary/aromatic N) is 3. The second kappa shape index (κ2) is 10.2. The molecule has 2 heterocycles. The molecule has 0 spiro atoms. The van der Waals surface area contributed by atoms with E-state index in [4.69, 9.17) is 27.9 Å². The van der Waals surface area contributed by atoms with Gasteiger partial charge >= 0.3 is 0 Å². The van der Waals surface area contributed by atoms with Crippen LogP contribution in [-0.4, -0.2) is 65.6 Å². The van der Waals surface area contributed by atoms with Crippen LogP contribution in [0.4, 0.5) is 0 Å². The topological polar surface area (TPSA) is 105 Å². The zero-order valence-corrected chi connectivity index (χ0v) is 20.1. The molecule has 1 unspecified atom stereocenters. The summed E-state index contributed by atoms with van der Waals surface area (Å²) in [6.07, 6.45) is 0.783. The Hall–Kier alpha value is -1.53. The number of rotatable bonds is 8. The fraction of sp³-hybridized carbons (Fsp3) is 0.400. The van der Waals surface area contributed by atoms with Gasteiger partial charge in [-0.25, -0.2) is 13.1 Å². The highest BCUT2D eigenvalue weighted by Gasteiger charge is 2.24. The number of nitrogens with one attached hydrogen (secondary N) is 1. The van der Waals surface area contributed by atoms with Crippen molar-refractivity contribution in [1.82, 2.24) is 18.4 Å². The molecule has 12 heteroatoms. The monoisotopic (exact) mass is 516 g/mol. The third-order valence-corrected chi connectivity index (χ3v) is 7.98. The van der Waals surface area contributed by atoms with E-state index in [1.54, 1.807) is 30.3 Å². The van der Waals surface area contributed by atoms with Crippen LogP contribution in [0.3, 0.4) is 0 Å². The van der Waals surface area contributed by atoms with E-state index in [2.05, 4.69) is 18.4 Å². The average Bonchev–Trinajstić information content (AvgIpc) is 3.25. The molecule has 0 aliphatic carbocycles. The summed E-state index contributed by atoms with van der Waals surface area (Å²) in [7, 11) is -3.81. The first-order valence-electron chi connectivity index (χ1n) is 10.0. The van der Waals surface area contributed by atoms with Crippen LogP contribution >= 0.6 is 34.9 Å². The summed E-state index contributed by atoms with van der Waals surface area (Å²) < 4.78 is 41.9. The summed E-state index contributed by atoms with van der Waals surface area (Å²) in [5.74, 6) is 0.678. The number of fused-ring (bicyclic) bond motifs is 1. The fourth-order valence-corrected chi connectivity index (χ4v) is 5.72. The van der Waals surface area contributed by atoms with E-state index >= 15 is 0 Å². The maximum absolute atomic E-state index is 12.7. The Morgan fingerprint density at radius 3 is 2.72 bits per heavy atom. The third kappa shape index (κ3) is 5.69. The number of hydrogen-bond donors (Lipinski definition) is 2. The Balaban J connectivity index is 1.25. The minimum atomic E-state index is -3.81. The van der Waals surface area contributed by atoms with Gasteiger partial charge in [0.2, 0.25) is 10.0 Å². The molecule has 4 rings (SSSR count). The van der Waals surface area contributed by atoms with Gasteiger partial charge in [0.05, 0.1) is 27.9 Å². The Labute approximate surface area is 200 Å². The number of hydrogen-bond acceptors (Lipinski definition) is 8. The third-order valence-electron chi connectivity index (χ3n) is 5.24. The summed E-state index contributed by atoms with van der Waals surface area (Å²) in [6, 6.07) is 10.0. The van der Waals surface area contributed by atoms with Crippen molar-refractivity contribution >= 4 is 56.0 Å². The summed E-state index contributed by atoms with van der Waals surface area (Å²) in [5.41, 5.74) is 0.868. The van der Waals surface area contributed by atoms with Crippen molar-refractivity contribution < 1.29 is 18.3 Å². The summed E-state index contributed by atoms with van der Waals surface area (Å²) in [5, 5.41) is 11.3. The van der Waals surface area contributed by atoms with Gasteiger partial charge in [0, 0.05) is 32.2 Å². The van der Waals surface area contributed by atoms with Crippen LogP contribution < -0.4 is 9.46 Å². The minimum Gasteiger partial charge on any atom is -0.490 e. The number of benzene rings is 2. The van der Waals surface area contributed by atoms with Gasteiger partial charge in [-0.3, -0.25) is 0 Å². The Morgan fingerprint density at radius 2 is 1.97 bits per heavy atom. The molecule has 1 aliphatic rings. The molecule has 1 atom stereocenters. The normalized spacial score (nSPS) is 17.0. The molecular formula is C20H22Cl2N4O4S2. The number of aromatic nitrogens is 2. The van der Waals surface area contributed by atoms with E-state index in [-0.39, 0.29) is 17.5 Å². The summed E-state index contributed by atoms with van der Waals surface area (Å²) in [6.45, 7) is 1.75. The molecule has 172 valence electrons. The van der Waals surface area contributed by atoms with Crippen molar-refractivity contribution in [3.05, 3.63) is 46.4 Å². The number of likely N-dealkylation sites (tertiary alicyclic amines) is 1. The van der Waals surface area contributed by atoms with Crippen molar-refractivity contribution in [3.8, 4) is 5.75 Å². The number of β-amino-alcohol motifs (C(OH)–C–C–N with tert-alkyl or cyclic N) is 1. The highest BCUT2D eigenvalue weighted by atomic mass is 35.5. The first-order valence-corrected chi connectivity index (χ1v) is 13.0. The predicted molar refractivity (Wildman–Crippen MR) is 125 cm³/mol. The molecular weight excluding hydrogens is 495 g/mol. The first-order chi connectivity index (χ1) is 15.3. The number of ether oxygens (including phenoxy) is 1. The molecule has 2 N–H and O–H groups in total. The largest absolute Gasteiger partial charge is 0.490 e. The predicted octanol–water partition coefficient (Wildman–Crippen LogP) is 3.18. The van der Waals surface area contributed by atoms with Gasteiger partial charge in [-0.15, -0.1) is 0 Å². The van der Waals surface area contributed by atoms with E-state index in [9.17, 15) is 13.5 Å². The smallest absolute Gasteiger partial charge is 0.242 e. The molecule has 0 bridgehead atoms. The van der Waals surface area contributed by atoms with Crippen molar-refractivity contribution in [2.75, 3.05) is 26.2 Å². The van der Waals surface area contributed by atoms with Gasteiger partial charge in [0.1, 0.15) is 27.8 Å². The maximum Gasteiger partial charge on any atom is 0.242 e. The SMILES string of the molecule is O=S(=O)(NCC(O)CN1CCC(Oc2ccc(Cl)c(Cl)c2)CC1)c1cccc2nsnc12. The second-order valence-corrected chi connectivity index (χ2v) is 10.7. The summed E-state index contributed by atoms with van der Waals surface area (Å²) in [4.78, 5) is 2.16. The van der Waals surface area contributed by atoms with Crippen LogP contribution in [0.1, 0.15) is 12.8 Å². The number of halogens is 2. The molecule has 1 saturated heterocycles. The molecule has 0 saturated carbocycles. The van der Waals surface area contributed by atoms with Crippen LogP contribution in [0.5, 0.6) is 5.75 Å². The fourth-order valence-electron chi connectivity index (χ4n) is 3.60. The quantitative estimate of drug-likeness (QED) is 0.473. The number of aliphatic hydroxyl groups excluding tert-OH is 1. The van der Waals surface area contributed by atoms with Crippen molar-refractivity contribution in [2.24, 2.45) is 0 Å². The van der Waals surface area contributed by atoms with Gasteiger partial charge in [-0.2, -0.15) is 8.75 Å². The maximum atomic E-state index is 12.7. The van der Waals surface area contributed by atoms with Crippen LogP contribution in [-0.2, 0) is 10.0 Å². The molecule has 32 heavy (non-hydrogen) atoms. The molecule has 8 nitrogen and oxygen atoms in total. The number of aliphatic hydroxyl groups is 1. The number of sulfonamides is 1. The van der Waals surface area contributed by atoms with Gasteiger partial charge < -0.3 is 14.7 Å². The average molecular weight is 517 g/mol. The summed E-state index contributed by atoms with van der Waals surface area (Å²) >= 11 is 12.9. The lowest BCUT2D eigenvalue weighted by Gasteiger charge is -2.33. The lowest BCUT2D eigenvalue weighted by molar-refractivity contribution is 0.0630. The lowest BCUT2D eigenvalue weighted by Crippen LogP contribution is -2.45. The van der Waals surface area contributed by atoms with Gasteiger partial charge in [-0.1, -0.05) is 29.3 Å². The van der Waals surface area contributed by atoms with Crippen LogP contribution in [0.25, 0.3) is 11.0 Å². The van der Waals surface area contributed by atoms with E-state index in [0.29, 0.717) is 33.4 Å². The highest BCUT2D eigenvalue weighted by molar-refractivity contribution is 7.89. The van der Waals surface area contributed by atoms with Gasteiger partial charge in [-0.05, 0) is 37.1 Å². The molecule has 0 amide bonds. The van der Waals surface area contributed by atoms with Crippen molar-refractivity contribution in [1.29, 1.82) is 0 Å². The molecule has 1 aliphatic heterocycles. The number of piperidine rings is 1.